The lowest BCUT2D eigenvalue weighted by Gasteiger charge is -2.38. The first-order valence-electron chi connectivity index (χ1n) is 7.75. The Balaban J connectivity index is 1.55. The molecule has 1 N–H and O–H groups in total. The molecule has 3 rings (SSSR count). The largest absolute Gasteiger partial charge is 0.464 e. The van der Waals surface area contributed by atoms with Gasteiger partial charge in [-0.3, -0.25) is 0 Å². The highest BCUT2D eigenvalue weighted by Gasteiger charge is 2.36. The van der Waals surface area contributed by atoms with Gasteiger partial charge in [-0.1, -0.05) is 13.3 Å². The predicted molar refractivity (Wildman–Crippen MR) is 76.7 cm³/mol. The number of hydrogen-bond acceptors (Lipinski definition) is 3. The molecule has 3 nitrogen and oxygen atoms in total. The quantitative estimate of drug-likeness (QED) is 0.897. The van der Waals surface area contributed by atoms with E-state index in [0.717, 1.165) is 18.2 Å². The Morgan fingerprint density at radius 3 is 2.53 bits per heavy atom. The average Bonchev–Trinajstić information content (AvgIpc) is 2.92. The molecule has 0 aromatic carbocycles. The first-order chi connectivity index (χ1) is 9.15. The minimum atomic E-state index is 0.627. The first-order valence-corrected chi connectivity index (χ1v) is 7.75. The van der Waals surface area contributed by atoms with E-state index in [9.17, 15) is 0 Å². The van der Waals surface area contributed by atoms with E-state index in [4.69, 9.17) is 4.42 Å². The third-order valence-electron chi connectivity index (χ3n) is 4.79. The standard InChI is InChI=1S/C16H26N2O/c1-11-9-15(11)16-8-7-14(19-16)10-17-18-12(2)5-4-6-13(18)3/h7-8,11-13,15,17H,4-6,9-10H2,1-3H3. The molecule has 106 valence electrons. The molecule has 0 radical (unpaired) electrons. The van der Waals surface area contributed by atoms with Gasteiger partial charge in [0.05, 0.1) is 6.54 Å². The summed E-state index contributed by atoms with van der Waals surface area (Å²) in [5, 5.41) is 2.41. The maximum Gasteiger partial charge on any atom is 0.119 e. The van der Waals surface area contributed by atoms with Crippen molar-refractivity contribution in [3.63, 3.8) is 0 Å². The number of rotatable bonds is 4. The summed E-state index contributed by atoms with van der Waals surface area (Å²) in [4.78, 5) is 0. The topological polar surface area (TPSA) is 28.4 Å². The summed E-state index contributed by atoms with van der Waals surface area (Å²) < 4.78 is 5.95. The molecule has 1 saturated heterocycles. The van der Waals surface area contributed by atoms with Crippen LogP contribution in [0.25, 0.3) is 0 Å². The summed E-state index contributed by atoms with van der Waals surface area (Å²) in [6.45, 7) is 7.72. The number of hydrogen-bond donors (Lipinski definition) is 1. The van der Waals surface area contributed by atoms with Crippen LogP contribution < -0.4 is 5.43 Å². The SMILES string of the molecule is CC1CC1c1ccc(CNN2C(C)CCCC2C)o1. The number of furan rings is 1. The second-order valence-electron chi connectivity index (χ2n) is 6.49. The Morgan fingerprint density at radius 2 is 1.89 bits per heavy atom. The van der Waals surface area contributed by atoms with E-state index in [2.05, 4.69) is 43.3 Å². The van der Waals surface area contributed by atoms with Crippen LogP contribution >= 0.6 is 0 Å². The Morgan fingerprint density at radius 1 is 1.21 bits per heavy atom. The molecule has 2 heterocycles. The van der Waals surface area contributed by atoms with Crippen LogP contribution in [0.5, 0.6) is 0 Å². The molecule has 2 aliphatic rings. The normalized spacial score (nSPS) is 35.5. The van der Waals surface area contributed by atoms with Crippen molar-refractivity contribution in [1.29, 1.82) is 0 Å². The highest BCUT2D eigenvalue weighted by Crippen LogP contribution is 2.47. The van der Waals surface area contributed by atoms with Gasteiger partial charge < -0.3 is 4.42 Å². The van der Waals surface area contributed by atoms with Crippen LogP contribution in [0.1, 0.15) is 63.9 Å². The molecule has 1 aliphatic heterocycles. The van der Waals surface area contributed by atoms with Crippen LogP contribution in [0.15, 0.2) is 16.5 Å². The van der Waals surface area contributed by atoms with Crippen molar-refractivity contribution in [3.05, 3.63) is 23.7 Å². The lowest BCUT2D eigenvalue weighted by molar-refractivity contribution is 0.0410. The highest BCUT2D eigenvalue weighted by molar-refractivity contribution is 5.17. The zero-order valence-electron chi connectivity index (χ0n) is 12.4. The maximum atomic E-state index is 5.95. The van der Waals surface area contributed by atoms with E-state index in [1.54, 1.807) is 0 Å². The van der Waals surface area contributed by atoms with Crippen LogP contribution in [-0.2, 0) is 6.54 Å². The summed E-state index contributed by atoms with van der Waals surface area (Å²) in [6.07, 6.45) is 5.23. The van der Waals surface area contributed by atoms with Crippen LogP contribution in [0, 0.1) is 5.92 Å². The summed E-state index contributed by atoms with van der Waals surface area (Å²) in [7, 11) is 0. The molecule has 4 atom stereocenters. The summed E-state index contributed by atoms with van der Waals surface area (Å²) in [6, 6.07) is 5.55. The summed E-state index contributed by atoms with van der Waals surface area (Å²) in [5.41, 5.74) is 3.56. The van der Waals surface area contributed by atoms with Gasteiger partial charge in [0.15, 0.2) is 0 Å². The van der Waals surface area contributed by atoms with Crippen LogP contribution in [-0.4, -0.2) is 17.1 Å². The number of piperidine rings is 1. The number of nitrogens with zero attached hydrogens (tertiary/aromatic N) is 1. The van der Waals surface area contributed by atoms with Crippen LogP contribution in [0.3, 0.4) is 0 Å². The van der Waals surface area contributed by atoms with Crippen molar-refractivity contribution in [1.82, 2.24) is 10.4 Å². The molecule has 0 amide bonds. The first kappa shape index (κ1) is 13.2. The van der Waals surface area contributed by atoms with Gasteiger partial charge in [0.2, 0.25) is 0 Å². The molecule has 2 fully saturated rings. The number of hydrazine groups is 1. The fourth-order valence-corrected chi connectivity index (χ4v) is 3.31. The zero-order chi connectivity index (χ0) is 13.4. The fourth-order valence-electron chi connectivity index (χ4n) is 3.31. The van der Waals surface area contributed by atoms with Gasteiger partial charge in [0.25, 0.3) is 0 Å². The van der Waals surface area contributed by atoms with E-state index >= 15 is 0 Å². The average molecular weight is 262 g/mol. The Kier molecular flexibility index (Phi) is 3.68. The summed E-state index contributed by atoms with van der Waals surface area (Å²) >= 11 is 0. The predicted octanol–water partition coefficient (Wildman–Crippen LogP) is 3.67. The molecule has 1 saturated carbocycles. The molecule has 1 aromatic heterocycles. The summed E-state index contributed by atoms with van der Waals surface area (Å²) in [5.74, 6) is 3.75. The monoisotopic (exact) mass is 262 g/mol. The minimum absolute atomic E-state index is 0.627. The van der Waals surface area contributed by atoms with Crippen LogP contribution in [0.4, 0.5) is 0 Å². The molecular formula is C16H26N2O. The van der Waals surface area contributed by atoms with E-state index in [-0.39, 0.29) is 0 Å². The minimum Gasteiger partial charge on any atom is -0.464 e. The molecule has 1 aromatic rings. The van der Waals surface area contributed by atoms with Gasteiger partial charge in [-0.05, 0) is 51.2 Å². The fraction of sp³-hybridized carbons (Fsp3) is 0.750. The highest BCUT2D eigenvalue weighted by atomic mass is 16.3. The molecule has 0 bridgehead atoms. The van der Waals surface area contributed by atoms with Gasteiger partial charge in [-0.25, -0.2) is 10.4 Å². The van der Waals surface area contributed by atoms with Crippen molar-refractivity contribution in [3.8, 4) is 0 Å². The smallest absolute Gasteiger partial charge is 0.119 e. The Labute approximate surface area is 116 Å². The molecule has 3 heteroatoms. The lowest BCUT2D eigenvalue weighted by Crippen LogP contribution is -2.51. The van der Waals surface area contributed by atoms with Gasteiger partial charge in [0, 0.05) is 18.0 Å². The maximum absolute atomic E-state index is 5.95. The lowest BCUT2D eigenvalue weighted by atomic mass is 10.00. The van der Waals surface area contributed by atoms with E-state index in [0.29, 0.717) is 18.0 Å². The molecule has 19 heavy (non-hydrogen) atoms. The van der Waals surface area contributed by atoms with E-state index in [1.807, 2.05) is 0 Å². The van der Waals surface area contributed by atoms with Crippen molar-refractivity contribution >= 4 is 0 Å². The van der Waals surface area contributed by atoms with Gasteiger partial charge in [-0.15, -0.1) is 0 Å². The van der Waals surface area contributed by atoms with E-state index in [1.165, 1.54) is 31.4 Å². The third kappa shape index (κ3) is 2.87. The molecule has 1 aliphatic carbocycles. The number of nitrogens with one attached hydrogen (secondary N) is 1. The Hall–Kier alpha value is -0.800. The molecule has 0 spiro atoms. The van der Waals surface area contributed by atoms with Crippen molar-refractivity contribution in [2.45, 2.75) is 71.0 Å². The van der Waals surface area contributed by atoms with Crippen LogP contribution in [0.2, 0.25) is 0 Å². The van der Waals surface area contributed by atoms with Gasteiger partial charge in [0.1, 0.15) is 11.5 Å². The zero-order valence-corrected chi connectivity index (χ0v) is 12.4. The second-order valence-corrected chi connectivity index (χ2v) is 6.49. The third-order valence-corrected chi connectivity index (χ3v) is 4.79. The molecular weight excluding hydrogens is 236 g/mol. The van der Waals surface area contributed by atoms with Crippen molar-refractivity contribution in [2.24, 2.45) is 5.92 Å². The van der Waals surface area contributed by atoms with Gasteiger partial charge >= 0.3 is 0 Å². The van der Waals surface area contributed by atoms with Gasteiger partial charge in [-0.2, -0.15) is 0 Å². The van der Waals surface area contributed by atoms with E-state index < -0.39 is 0 Å². The van der Waals surface area contributed by atoms with Crippen molar-refractivity contribution in [2.75, 3.05) is 0 Å². The van der Waals surface area contributed by atoms with Crippen molar-refractivity contribution < 1.29 is 4.42 Å². The Bertz CT molecular complexity index is 418. The second kappa shape index (κ2) is 5.29. The molecule has 4 unspecified atom stereocenters.